The van der Waals surface area contributed by atoms with Gasteiger partial charge in [-0.3, -0.25) is 10.1 Å². The van der Waals surface area contributed by atoms with Crippen molar-refractivity contribution in [2.24, 2.45) is 0 Å². The maximum absolute atomic E-state index is 12.6. The number of nitrogens with zero attached hydrogens (tertiary/aromatic N) is 2. The van der Waals surface area contributed by atoms with Gasteiger partial charge in [-0.15, -0.1) is 0 Å². The molecule has 1 aromatic heterocycles. The van der Waals surface area contributed by atoms with E-state index in [0.717, 1.165) is 12.8 Å². The molecule has 0 fully saturated rings. The van der Waals surface area contributed by atoms with Gasteiger partial charge in [0.2, 0.25) is 0 Å². The summed E-state index contributed by atoms with van der Waals surface area (Å²) in [6.07, 6.45) is 1.82. The second-order valence-corrected chi connectivity index (χ2v) is 8.79. The van der Waals surface area contributed by atoms with Crippen LogP contribution in [-0.4, -0.2) is 36.7 Å². The first-order chi connectivity index (χ1) is 15.3. The Bertz CT molecular complexity index is 1190. The molecule has 0 atom stereocenters. The lowest BCUT2D eigenvalue weighted by atomic mass is 10.2. The van der Waals surface area contributed by atoms with Crippen LogP contribution in [0.3, 0.4) is 0 Å². The van der Waals surface area contributed by atoms with E-state index in [1.54, 1.807) is 13.0 Å². The fraction of sp³-hybridized carbons (Fsp3) is 0.227. The molecule has 0 aliphatic carbocycles. The Balaban J connectivity index is 1.68. The smallest absolute Gasteiger partial charge is 0.334 e. The van der Waals surface area contributed by atoms with Crippen molar-refractivity contribution >= 4 is 27.8 Å². The van der Waals surface area contributed by atoms with Crippen molar-refractivity contribution in [1.82, 2.24) is 19.8 Å². The average molecular weight is 456 g/mol. The van der Waals surface area contributed by atoms with Gasteiger partial charge in [-0.25, -0.2) is 22.6 Å². The van der Waals surface area contributed by atoms with E-state index in [1.165, 1.54) is 28.9 Å². The third kappa shape index (κ3) is 5.73. The van der Waals surface area contributed by atoms with Crippen molar-refractivity contribution in [2.45, 2.75) is 31.6 Å². The summed E-state index contributed by atoms with van der Waals surface area (Å²) < 4.78 is 28.7. The number of hydrogen-bond donors (Lipinski definition) is 3. The van der Waals surface area contributed by atoms with Gasteiger partial charge in [0.1, 0.15) is 5.82 Å². The quantitative estimate of drug-likeness (QED) is 0.450. The second-order valence-electron chi connectivity index (χ2n) is 7.11. The van der Waals surface area contributed by atoms with E-state index in [0.29, 0.717) is 29.3 Å². The second kappa shape index (κ2) is 10.1. The molecule has 32 heavy (non-hydrogen) atoms. The molecule has 0 saturated heterocycles. The minimum atomic E-state index is -4.14. The fourth-order valence-corrected chi connectivity index (χ4v) is 3.85. The number of amides is 3. The summed E-state index contributed by atoms with van der Waals surface area (Å²) >= 11 is 0. The molecule has 10 heteroatoms. The number of urea groups is 1. The molecule has 3 amide bonds. The third-order valence-corrected chi connectivity index (χ3v) is 5.89. The maximum Gasteiger partial charge on any atom is 0.334 e. The molecule has 3 aromatic rings. The standard InChI is InChI=1S/C22H25N5O4S/c1-3-4-14-23-21(28)17-10-12-19(13-11-17)32(30,31)26-22(29)24-20-15-16(2)25-27(20)18-8-6-5-7-9-18/h5-13,15H,3-4,14H2,1-2H3,(H,23,28)(H2,24,26,29). The summed E-state index contributed by atoms with van der Waals surface area (Å²) in [5.41, 5.74) is 1.71. The van der Waals surface area contributed by atoms with Crippen molar-refractivity contribution in [3.05, 3.63) is 71.9 Å². The Morgan fingerprint density at radius 1 is 1.03 bits per heavy atom. The first-order valence-corrected chi connectivity index (χ1v) is 11.6. The number of sulfonamides is 1. The number of carbonyl (C=O) groups is 2. The molecule has 3 N–H and O–H groups in total. The van der Waals surface area contributed by atoms with Gasteiger partial charge >= 0.3 is 6.03 Å². The van der Waals surface area contributed by atoms with Crippen molar-refractivity contribution in [3.8, 4) is 5.69 Å². The molecular formula is C22H25N5O4S. The highest BCUT2D eigenvalue weighted by atomic mass is 32.2. The van der Waals surface area contributed by atoms with E-state index >= 15 is 0 Å². The number of unbranched alkanes of at least 4 members (excludes halogenated alkanes) is 1. The summed E-state index contributed by atoms with van der Waals surface area (Å²) in [6, 6.07) is 15.2. The molecule has 0 unspecified atom stereocenters. The van der Waals surface area contributed by atoms with Gasteiger partial charge in [0.15, 0.2) is 0 Å². The van der Waals surface area contributed by atoms with E-state index in [-0.39, 0.29) is 10.8 Å². The van der Waals surface area contributed by atoms with Gasteiger partial charge in [0.25, 0.3) is 15.9 Å². The Kier molecular flexibility index (Phi) is 7.26. The zero-order chi connectivity index (χ0) is 23.1. The van der Waals surface area contributed by atoms with Crippen molar-refractivity contribution in [3.63, 3.8) is 0 Å². The van der Waals surface area contributed by atoms with Gasteiger partial charge < -0.3 is 5.32 Å². The van der Waals surface area contributed by atoms with Crippen LogP contribution in [0.25, 0.3) is 5.69 Å². The van der Waals surface area contributed by atoms with Crippen LogP contribution in [0.15, 0.2) is 65.6 Å². The lowest BCUT2D eigenvalue weighted by molar-refractivity contribution is 0.0953. The van der Waals surface area contributed by atoms with E-state index in [4.69, 9.17) is 0 Å². The summed E-state index contributed by atoms with van der Waals surface area (Å²) in [7, 11) is -4.14. The zero-order valence-corrected chi connectivity index (χ0v) is 18.6. The topological polar surface area (TPSA) is 122 Å². The van der Waals surface area contributed by atoms with Crippen LogP contribution in [0.2, 0.25) is 0 Å². The highest BCUT2D eigenvalue weighted by Gasteiger charge is 2.20. The molecule has 3 rings (SSSR count). The Morgan fingerprint density at radius 3 is 2.38 bits per heavy atom. The third-order valence-electron chi connectivity index (χ3n) is 4.54. The van der Waals surface area contributed by atoms with Gasteiger partial charge in [-0.1, -0.05) is 31.5 Å². The van der Waals surface area contributed by atoms with E-state index in [2.05, 4.69) is 15.7 Å². The van der Waals surface area contributed by atoms with Crippen LogP contribution in [0.5, 0.6) is 0 Å². The molecular weight excluding hydrogens is 430 g/mol. The lowest BCUT2D eigenvalue weighted by Crippen LogP contribution is -2.35. The zero-order valence-electron chi connectivity index (χ0n) is 17.8. The van der Waals surface area contributed by atoms with E-state index in [1.807, 2.05) is 42.0 Å². The maximum atomic E-state index is 12.6. The molecule has 0 saturated carbocycles. The highest BCUT2D eigenvalue weighted by Crippen LogP contribution is 2.17. The SMILES string of the molecule is CCCCNC(=O)c1ccc(S(=O)(=O)NC(=O)Nc2cc(C)nn2-c2ccccc2)cc1. The average Bonchev–Trinajstić information content (AvgIpc) is 3.14. The molecule has 1 heterocycles. The number of rotatable bonds is 8. The van der Waals surface area contributed by atoms with Gasteiger partial charge in [-0.2, -0.15) is 5.10 Å². The van der Waals surface area contributed by atoms with Crippen LogP contribution in [0.4, 0.5) is 10.6 Å². The molecule has 0 spiro atoms. The van der Waals surface area contributed by atoms with Crippen LogP contribution in [-0.2, 0) is 10.0 Å². The summed E-state index contributed by atoms with van der Waals surface area (Å²) in [6.45, 7) is 4.33. The van der Waals surface area contributed by atoms with Gasteiger partial charge in [-0.05, 0) is 49.7 Å². The Labute approximate surface area is 186 Å². The molecule has 168 valence electrons. The molecule has 0 aliphatic rings. The summed E-state index contributed by atoms with van der Waals surface area (Å²) in [5.74, 6) is 0.0399. The number of aromatic nitrogens is 2. The monoisotopic (exact) mass is 455 g/mol. The van der Waals surface area contributed by atoms with Crippen LogP contribution < -0.4 is 15.4 Å². The van der Waals surface area contributed by atoms with Crippen LogP contribution >= 0.6 is 0 Å². The number of para-hydroxylation sites is 1. The largest absolute Gasteiger partial charge is 0.352 e. The molecule has 0 bridgehead atoms. The first-order valence-electron chi connectivity index (χ1n) is 10.1. The number of hydrogen-bond acceptors (Lipinski definition) is 5. The molecule has 0 radical (unpaired) electrons. The predicted molar refractivity (Wildman–Crippen MR) is 121 cm³/mol. The van der Waals surface area contributed by atoms with Crippen LogP contribution in [0, 0.1) is 6.92 Å². The molecule has 9 nitrogen and oxygen atoms in total. The Hall–Kier alpha value is -3.66. The van der Waals surface area contributed by atoms with E-state index in [9.17, 15) is 18.0 Å². The van der Waals surface area contributed by atoms with Crippen molar-refractivity contribution in [2.75, 3.05) is 11.9 Å². The highest BCUT2D eigenvalue weighted by molar-refractivity contribution is 7.90. The van der Waals surface area contributed by atoms with Gasteiger partial charge in [0, 0.05) is 18.2 Å². The minimum Gasteiger partial charge on any atom is -0.352 e. The number of anilines is 1. The number of aryl methyl sites for hydroxylation is 1. The first kappa shape index (κ1) is 23.0. The molecule has 0 aliphatic heterocycles. The van der Waals surface area contributed by atoms with E-state index < -0.39 is 16.1 Å². The van der Waals surface area contributed by atoms with Gasteiger partial charge in [0.05, 0.1) is 16.3 Å². The number of carbonyl (C=O) groups excluding carboxylic acids is 2. The minimum absolute atomic E-state index is 0.134. The summed E-state index contributed by atoms with van der Waals surface area (Å²) in [5, 5.41) is 9.61. The van der Waals surface area contributed by atoms with Crippen molar-refractivity contribution < 1.29 is 18.0 Å². The normalized spacial score (nSPS) is 11.1. The fourth-order valence-electron chi connectivity index (χ4n) is 2.94. The number of nitrogens with one attached hydrogen (secondary N) is 3. The summed E-state index contributed by atoms with van der Waals surface area (Å²) in [4.78, 5) is 24.3. The Morgan fingerprint density at radius 2 is 1.72 bits per heavy atom. The predicted octanol–water partition coefficient (Wildman–Crippen LogP) is 3.22. The van der Waals surface area contributed by atoms with Crippen LogP contribution in [0.1, 0.15) is 35.8 Å². The van der Waals surface area contributed by atoms with Crippen molar-refractivity contribution in [1.29, 1.82) is 0 Å². The molecule has 2 aromatic carbocycles. The lowest BCUT2D eigenvalue weighted by Gasteiger charge is -2.11. The number of benzene rings is 2.